The molecule has 1 atom stereocenters. The first-order valence-corrected chi connectivity index (χ1v) is 14.5. The van der Waals surface area contributed by atoms with Gasteiger partial charge in [-0.3, -0.25) is 0 Å². The largest absolute Gasteiger partial charge is 0.509 e. The highest BCUT2D eigenvalue weighted by molar-refractivity contribution is 7.89. The smallest absolute Gasteiger partial charge is 0.492 e. The molecule has 3 aromatic carbocycles. The molecule has 0 bridgehead atoms. The molecule has 0 saturated heterocycles. The minimum atomic E-state index is -4.08. The molecule has 11 heteroatoms. The lowest BCUT2D eigenvalue weighted by molar-refractivity contribution is -0.0149. The summed E-state index contributed by atoms with van der Waals surface area (Å²) >= 11 is 0. The number of ether oxygens (including phenoxy) is 4. The first kappa shape index (κ1) is 29.3. The van der Waals surface area contributed by atoms with Gasteiger partial charge in [0.15, 0.2) is 6.23 Å². The molecular weight excluding hydrogens is 539 g/mol. The Balaban J connectivity index is 1.54. The number of halogens is 1. The van der Waals surface area contributed by atoms with Crippen LogP contribution in [-0.2, 0) is 25.9 Å². The number of hydrogen-bond donors (Lipinski definition) is 0. The minimum Gasteiger partial charge on any atom is -0.492 e. The van der Waals surface area contributed by atoms with Crippen LogP contribution in [0.1, 0.15) is 31.2 Å². The molecule has 0 spiro atoms. The van der Waals surface area contributed by atoms with Crippen LogP contribution < -0.4 is 9.47 Å². The number of nitrogens with zero attached hydrogens (tertiary/aromatic N) is 2. The third-order valence-corrected chi connectivity index (χ3v) is 8.53. The third-order valence-electron chi connectivity index (χ3n) is 6.67. The second-order valence-electron chi connectivity index (χ2n) is 9.05. The first-order valence-electron chi connectivity index (χ1n) is 13.0. The summed E-state index contributed by atoms with van der Waals surface area (Å²) in [5.41, 5.74) is 1.36. The molecular formula is C29H33FN2O7S. The van der Waals surface area contributed by atoms with E-state index in [1.165, 1.54) is 48.5 Å². The highest BCUT2D eigenvalue weighted by Crippen LogP contribution is 2.37. The van der Waals surface area contributed by atoms with Crippen molar-refractivity contribution in [3.05, 3.63) is 83.7 Å². The summed E-state index contributed by atoms with van der Waals surface area (Å²) in [7, 11) is -2.92. The van der Waals surface area contributed by atoms with Gasteiger partial charge in [0.2, 0.25) is 10.0 Å². The lowest BCUT2D eigenvalue weighted by Gasteiger charge is -2.35. The topological polar surface area (TPSA) is 94.6 Å². The maximum atomic E-state index is 13.7. The van der Waals surface area contributed by atoms with E-state index < -0.39 is 22.4 Å². The van der Waals surface area contributed by atoms with Crippen LogP contribution in [0, 0.1) is 5.82 Å². The Labute approximate surface area is 234 Å². The van der Waals surface area contributed by atoms with Gasteiger partial charge in [-0.15, -0.1) is 0 Å². The second-order valence-corrected chi connectivity index (χ2v) is 10.9. The summed E-state index contributed by atoms with van der Waals surface area (Å²) in [6, 6.07) is 16.6. The number of sulfonamides is 1. The van der Waals surface area contributed by atoms with Crippen LogP contribution in [-0.4, -0.2) is 63.7 Å². The molecule has 0 radical (unpaired) electrons. The highest BCUT2D eigenvalue weighted by Gasteiger charge is 2.39. The van der Waals surface area contributed by atoms with E-state index in [1.54, 1.807) is 12.1 Å². The van der Waals surface area contributed by atoms with Crippen molar-refractivity contribution in [3.63, 3.8) is 0 Å². The number of hydrogen-bond acceptors (Lipinski definition) is 8. The van der Waals surface area contributed by atoms with E-state index in [0.29, 0.717) is 35.8 Å². The van der Waals surface area contributed by atoms with Crippen LogP contribution in [0.2, 0.25) is 0 Å². The van der Waals surface area contributed by atoms with Crippen molar-refractivity contribution in [1.29, 1.82) is 0 Å². The van der Waals surface area contributed by atoms with Crippen molar-refractivity contribution in [2.24, 2.45) is 0 Å². The van der Waals surface area contributed by atoms with Crippen LogP contribution >= 0.6 is 0 Å². The molecule has 0 amide bonds. The van der Waals surface area contributed by atoms with Gasteiger partial charge in [-0.2, -0.15) is 4.31 Å². The SMILES string of the molecule is CCN(CC)CCOc1ccc2c(c1)CCN(S(=O)(=O)c1ccc(Oc3ccc(F)cc3)cc1)C2OC(=O)OC. The predicted octanol–water partition coefficient (Wildman–Crippen LogP) is 5.37. The molecule has 0 fully saturated rings. The van der Waals surface area contributed by atoms with Gasteiger partial charge in [0.1, 0.15) is 29.7 Å². The third kappa shape index (κ3) is 6.90. The lowest BCUT2D eigenvalue weighted by atomic mass is 9.99. The van der Waals surface area contributed by atoms with Gasteiger partial charge in [0.05, 0.1) is 12.0 Å². The van der Waals surface area contributed by atoms with Gasteiger partial charge in [-0.25, -0.2) is 17.6 Å². The van der Waals surface area contributed by atoms with E-state index in [0.717, 1.165) is 36.6 Å². The van der Waals surface area contributed by atoms with E-state index in [2.05, 4.69) is 23.5 Å². The van der Waals surface area contributed by atoms with Gasteiger partial charge in [-0.1, -0.05) is 13.8 Å². The Bertz CT molecular complexity index is 1390. The molecule has 9 nitrogen and oxygen atoms in total. The molecule has 3 aromatic rings. The summed E-state index contributed by atoms with van der Waals surface area (Å²) in [6.45, 7) is 7.45. The zero-order chi connectivity index (χ0) is 28.7. The summed E-state index contributed by atoms with van der Waals surface area (Å²) in [5.74, 6) is 1.06. The summed E-state index contributed by atoms with van der Waals surface area (Å²) in [5, 5.41) is 0. The standard InChI is InChI=1S/C29H33FN2O7S/c1-4-31(5-2)18-19-37-25-12-15-27-21(20-25)16-17-32(28(27)39-29(33)36-3)40(34,35)26-13-10-24(11-14-26)38-23-8-6-22(30)7-9-23/h6-15,20,28H,4-5,16-19H2,1-3H3. The van der Waals surface area contributed by atoms with Crippen LogP contribution in [0.4, 0.5) is 9.18 Å². The van der Waals surface area contributed by atoms with E-state index in [9.17, 15) is 17.6 Å². The fourth-order valence-electron chi connectivity index (χ4n) is 4.43. The summed E-state index contributed by atoms with van der Waals surface area (Å²) in [6.07, 6.45) is -1.82. The first-order chi connectivity index (χ1) is 19.2. The molecule has 214 valence electrons. The molecule has 1 aliphatic rings. The van der Waals surface area contributed by atoms with E-state index in [4.69, 9.17) is 14.2 Å². The average molecular weight is 573 g/mol. The van der Waals surface area contributed by atoms with Crippen molar-refractivity contribution in [3.8, 4) is 17.2 Å². The molecule has 4 rings (SSSR count). The van der Waals surface area contributed by atoms with Crippen LogP contribution in [0.5, 0.6) is 17.2 Å². The molecule has 40 heavy (non-hydrogen) atoms. The van der Waals surface area contributed by atoms with Crippen LogP contribution in [0.25, 0.3) is 0 Å². The van der Waals surface area contributed by atoms with Crippen molar-refractivity contribution in [2.75, 3.05) is 39.9 Å². The maximum Gasteiger partial charge on any atom is 0.509 e. The van der Waals surface area contributed by atoms with Gasteiger partial charge >= 0.3 is 6.16 Å². The van der Waals surface area contributed by atoms with Crippen molar-refractivity contribution in [1.82, 2.24) is 9.21 Å². The van der Waals surface area contributed by atoms with Gasteiger partial charge in [-0.05, 0) is 91.8 Å². The Hall–Kier alpha value is -3.67. The molecule has 0 aliphatic carbocycles. The maximum absolute atomic E-state index is 13.7. The second kappa shape index (κ2) is 13.1. The number of benzene rings is 3. The number of carbonyl (C=O) groups is 1. The zero-order valence-electron chi connectivity index (χ0n) is 22.7. The van der Waals surface area contributed by atoms with Crippen molar-refractivity contribution < 1.29 is 36.6 Å². The average Bonchev–Trinajstić information content (AvgIpc) is 2.96. The predicted molar refractivity (Wildman–Crippen MR) is 146 cm³/mol. The number of likely N-dealkylation sites (N-methyl/N-ethyl adjacent to an activating group) is 1. The molecule has 0 N–H and O–H groups in total. The summed E-state index contributed by atoms with van der Waals surface area (Å²) < 4.78 is 63.4. The van der Waals surface area contributed by atoms with E-state index in [1.807, 2.05) is 6.07 Å². The number of rotatable bonds is 11. The quantitative estimate of drug-likeness (QED) is 0.283. The zero-order valence-corrected chi connectivity index (χ0v) is 23.5. The number of fused-ring (bicyclic) bond motifs is 1. The van der Waals surface area contributed by atoms with E-state index >= 15 is 0 Å². The fourth-order valence-corrected chi connectivity index (χ4v) is 5.92. The lowest BCUT2D eigenvalue weighted by Crippen LogP contribution is -2.42. The van der Waals surface area contributed by atoms with Crippen LogP contribution in [0.3, 0.4) is 0 Å². The minimum absolute atomic E-state index is 0.00257. The molecule has 1 aliphatic heterocycles. The van der Waals surface area contributed by atoms with Crippen molar-refractivity contribution in [2.45, 2.75) is 31.4 Å². The van der Waals surface area contributed by atoms with E-state index in [-0.39, 0.29) is 17.3 Å². The Morgan fingerprint density at radius 3 is 2.23 bits per heavy atom. The fraction of sp³-hybridized carbons (Fsp3) is 0.345. The number of methoxy groups -OCH3 is 1. The number of carbonyl (C=O) groups excluding carboxylic acids is 1. The molecule has 1 heterocycles. The molecule has 0 aromatic heterocycles. The van der Waals surface area contributed by atoms with Crippen LogP contribution in [0.15, 0.2) is 71.6 Å². The Kier molecular flexibility index (Phi) is 9.62. The van der Waals surface area contributed by atoms with Gasteiger partial charge in [0.25, 0.3) is 0 Å². The molecule has 1 unspecified atom stereocenters. The van der Waals surface area contributed by atoms with Gasteiger partial charge < -0.3 is 23.8 Å². The van der Waals surface area contributed by atoms with Gasteiger partial charge in [0, 0.05) is 18.7 Å². The molecule has 0 saturated carbocycles. The Morgan fingerprint density at radius 1 is 0.975 bits per heavy atom. The van der Waals surface area contributed by atoms with Crippen molar-refractivity contribution >= 4 is 16.2 Å². The summed E-state index contributed by atoms with van der Waals surface area (Å²) in [4.78, 5) is 14.4. The monoisotopic (exact) mass is 572 g/mol. The Morgan fingerprint density at radius 2 is 1.60 bits per heavy atom. The highest BCUT2D eigenvalue weighted by atomic mass is 32.2. The normalized spacial score (nSPS) is 15.4.